The van der Waals surface area contributed by atoms with Crippen molar-refractivity contribution in [2.75, 3.05) is 11.5 Å². The van der Waals surface area contributed by atoms with Crippen molar-refractivity contribution < 1.29 is 17.9 Å². The molecule has 1 atom stereocenters. The van der Waals surface area contributed by atoms with Crippen molar-refractivity contribution in [3.8, 4) is 0 Å². The van der Waals surface area contributed by atoms with Crippen LogP contribution in [0.4, 0.5) is 0 Å². The van der Waals surface area contributed by atoms with Gasteiger partial charge in [-0.2, -0.15) is 0 Å². The molecule has 0 radical (unpaired) electrons. The molecule has 1 aliphatic heterocycles. The van der Waals surface area contributed by atoms with Gasteiger partial charge >= 0.3 is 0 Å². The maximum Gasteiger partial charge on any atom is 0.153 e. The van der Waals surface area contributed by atoms with Crippen molar-refractivity contribution >= 4 is 20.8 Å². The van der Waals surface area contributed by atoms with Gasteiger partial charge in [0.25, 0.3) is 0 Å². The number of fused-ring (bicyclic) bond motifs is 1. The smallest absolute Gasteiger partial charge is 0.153 e. The van der Waals surface area contributed by atoms with E-state index in [1.807, 2.05) is 25.1 Å². The van der Waals surface area contributed by atoms with Crippen LogP contribution in [0.3, 0.4) is 0 Å². The number of furan rings is 1. The van der Waals surface area contributed by atoms with Crippen molar-refractivity contribution in [1.29, 1.82) is 0 Å². The summed E-state index contributed by atoms with van der Waals surface area (Å²) in [5.41, 5.74) is 0.318. The van der Waals surface area contributed by atoms with E-state index in [4.69, 9.17) is 4.42 Å². The first-order chi connectivity index (χ1) is 8.40. The van der Waals surface area contributed by atoms with Crippen molar-refractivity contribution in [3.05, 3.63) is 35.6 Å². The lowest BCUT2D eigenvalue weighted by Crippen LogP contribution is -2.26. The third kappa shape index (κ3) is 1.74. The molecule has 2 heterocycles. The number of para-hydroxylation sites is 1. The largest absolute Gasteiger partial charge is 0.458 e. The van der Waals surface area contributed by atoms with E-state index in [9.17, 15) is 13.5 Å². The van der Waals surface area contributed by atoms with Crippen molar-refractivity contribution in [2.45, 2.75) is 18.9 Å². The predicted octanol–water partition coefficient (Wildman–Crippen LogP) is 1.75. The van der Waals surface area contributed by atoms with E-state index in [-0.39, 0.29) is 17.9 Å². The summed E-state index contributed by atoms with van der Waals surface area (Å²) in [6.45, 7) is 1.92. The zero-order valence-corrected chi connectivity index (χ0v) is 10.8. The molecule has 4 nitrogen and oxygen atoms in total. The Hall–Kier alpha value is -1.33. The van der Waals surface area contributed by atoms with Crippen LogP contribution in [0.5, 0.6) is 0 Å². The van der Waals surface area contributed by atoms with Crippen molar-refractivity contribution in [3.63, 3.8) is 0 Å². The van der Waals surface area contributed by atoms with Crippen LogP contribution in [0, 0.1) is 6.92 Å². The molecular formula is C13H14O4S. The predicted molar refractivity (Wildman–Crippen MR) is 68.1 cm³/mol. The van der Waals surface area contributed by atoms with E-state index in [1.165, 1.54) is 0 Å². The number of sulfone groups is 1. The molecule has 96 valence electrons. The minimum absolute atomic E-state index is 0.0134. The van der Waals surface area contributed by atoms with Crippen molar-refractivity contribution in [2.24, 2.45) is 0 Å². The minimum atomic E-state index is -3.16. The highest BCUT2D eigenvalue weighted by Crippen LogP contribution is 2.37. The third-order valence-corrected chi connectivity index (χ3v) is 5.23. The standard InChI is InChI=1S/C13H14O4S/c1-9-3-2-4-10-7-11(17-12(9)10)13(14)5-6-18(15,16)8-13/h2-4,7,14H,5-6,8H2,1H3. The lowest BCUT2D eigenvalue weighted by molar-refractivity contribution is 0.0434. The highest BCUT2D eigenvalue weighted by atomic mass is 32.2. The van der Waals surface area contributed by atoms with Gasteiger partial charge in [-0.05, 0) is 25.0 Å². The maximum atomic E-state index is 11.5. The molecule has 1 aliphatic rings. The van der Waals surface area contributed by atoms with Crippen LogP contribution in [-0.4, -0.2) is 25.0 Å². The van der Waals surface area contributed by atoms with Gasteiger partial charge in [0.1, 0.15) is 16.9 Å². The lowest BCUT2D eigenvalue weighted by Gasteiger charge is -2.16. The number of hydrogen-bond donors (Lipinski definition) is 1. The van der Waals surface area contributed by atoms with E-state index < -0.39 is 15.4 Å². The van der Waals surface area contributed by atoms with Gasteiger partial charge in [0, 0.05) is 5.39 Å². The molecule has 3 rings (SSSR count). The fourth-order valence-corrected chi connectivity index (χ4v) is 4.27. The van der Waals surface area contributed by atoms with Gasteiger partial charge in [0.15, 0.2) is 9.84 Å². The van der Waals surface area contributed by atoms with E-state index in [2.05, 4.69) is 0 Å². The second-order valence-electron chi connectivity index (χ2n) is 4.98. The van der Waals surface area contributed by atoms with Gasteiger partial charge in [-0.25, -0.2) is 8.42 Å². The number of benzene rings is 1. The first-order valence-corrected chi connectivity index (χ1v) is 7.64. The lowest BCUT2D eigenvalue weighted by atomic mass is 10.0. The molecule has 0 saturated carbocycles. The molecule has 1 saturated heterocycles. The topological polar surface area (TPSA) is 67.5 Å². The maximum absolute atomic E-state index is 11.5. The molecule has 1 N–H and O–H groups in total. The number of aryl methyl sites for hydroxylation is 1. The summed E-state index contributed by atoms with van der Waals surface area (Å²) < 4.78 is 28.7. The average Bonchev–Trinajstić information content (AvgIpc) is 2.82. The molecule has 1 aromatic heterocycles. The Morgan fingerprint density at radius 3 is 2.78 bits per heavy atom. The van der Waals surface area contributed by atoms with Crippen LogP contribution in [0.15, 0.2) is 28.7 Å². The molecule has 18 heavy (non-hydrogen) atoms. The normalized spacial score (nSPS) is 26.8. The molecule has 0 aliphatic carbocycles. The summed E-state index contributed by atoms with van der Waals surface area (Å²) in [5.74, 6) is 0.117. The fraction of sp³-hybridized carbons (Fsp3) is 0.385. The SMILES string of the molecule is Cc1cccc2cc(C3(O)CCS(=O)(=O)C3)oc12. The van der Waals surface area contributed by atoms with Gasteiger partial charge in [0.05, 0.1) is 11.5 Å². The summed E-state index contributed by atoms with van der Waals surface area (Å²) in [4.78, 5) is 0. The van der Waals surface area contributed by atoms with Gasteiger partial charge in [-0.15, -0.1) is 0 Å². The Morgan fingerprint density at radius 2 is 2.17 bits per heavy atom. The second kappa shape index (κ2) is 3.59. The van der Waals surface area contributed by atoms with Crippen LogP contribution in [0.2, 0.25) is 0 Å². The van der Waals surface area contributed by atoms with Gasteiger partial charge in [0.2, 0.25) is 0 Å². The molecule has 1 unspecified atom stereocenters. The molecule has 1 aromatic carbocycles. The highest BCUT2D eigenvalue weighted by Gasteiger charge is 2.44. The molecule has 0 bridgehead atoms. The van der Waals surface area contributed by atoms with Crippen LogP contribution in [0.25, 0.3) is 11.0 Å². The summed E-state index contributed by atoms with van der Waals surface area (Å²) >= 11 is 0. The van der Waals surface area contributed by atoms with Gasteiger partial charge < -0.3 is 9.52 Å². The molecule has 0 amide bonds. The van der Waals surface area contributed by atoms with E-state index in [0.29, 0.717) is 11.3 Å². The summed E-state index contributed by atoms with van der Waals surface area (Å²) in [5, 5.41) is 11.3. The number of aliphatic hydroxyl groups is 1. The van der Waals surface area contributed by atoms with Gasteiger partial charge in [-0.3, -0.25) is 0 Å². The van der Waals surface area contributed by atoms with E-state index in [0.717, 1.165) is 10.9 Å². The third-order valence-electron chi connectivity index (χ3n) is 3.48. The average molecular weight is 266 g/mol. The fourth-order valence-electron chi connectivity index (χ4n) is 2.47. The summed E-state index contributed by atoms with van der Waals surface area (Å²) in [7, 11) is -3.16. The van der Waals surface area contributed by atoms with Crippen LogP contribution in [-0.2, 0) is 15.4 Å². The van der Waals surface area contributed by atoms with Crippen molar-refractivity contribution in [1.82, 2.24) is 0 Å². The Bertz CT molecular complexity index is 714. The molecule has 2 aromatic rings. The van der Waals surface area contributed by atoms with Crippen LogP contribution in [0.1, 0.15) is 17.7 Å². The first-order valence-electron chi connectivity index (χ1n) is 5.82. The number of rotatable bonds is 1. The molecule has 5 heteroatoms. The molecular weight excluding hydrogens is 252 g/mol. The second-order valence-corrected chi connectivity index (χ2v) is 7.16. The Balaban J connectivity index is 2.13. The van der Waals surface area contributed by atoms with Crippen LogP contribution < -0.4 is 0 Å². The molecule has 0 spiro atoms. The quantitative estimate of drug-likeness (QED) is 0.853. The Labute approximate surface area is 105 Å². The van der Waals surface area contributed by atoms with E-state index in [1.54, 1.807) is 6.07 Å². The zero-order valence-electron chi connectivity index (χ0n) is 10.0. The molecule has 1 fully saturated rings. The first kappa shape index (κ1) is 11.7. The zero-order chi connectivity index (χ0) is 13.0. The summed E-state index contributed by atoms with van der Waals surface area (Å²) in [6, 6.07) is 7.46. The summed E-state index contributed by atoms with van der Waals surface area (Å²) in [6.07, 6.45) is 0.203. The number of hydrogen-bond acceptors (Lipinski definition) is 4. The van der Waals surface area contributed by atoms with Gasteiger partial charge in [-0.1, -0.05) is 18.2 Å². The monoisotopic (exact) mass is 266 g/mol. The van der Waals surface area contributed by atoms with Crippen LogP contribution >= 0.6 is 0 Å². The van der Waals surface area contributed by atoms with E-state index >= 15 is 0 Å². The minimum Gasteiger partial charge on any atom is -0.458 e. The Morgan fingerprint density at radius 1 is 1.39 bits per heavy atom. The Kier molecular flexibility index (Phi) is 2.34. The highest BCUT2D eigenvalue weighted by molar-refractivity contribution is 7.91.